The first-order valence-corrected chi connectivity index (χ1v) is 7.68. The third-order valence-corrected chi connectivity index (χ3v) is 4.55. The molecule has 4 heteroatoms. The smallest absolute Gasteiger partial charge is 0.162 e. The van der Waals surface area contributed by atoms with Crippen LogP contribution in [0.3, 0.4) is 0 Å². The van der Waals surface area contributed by atoms with E-state index in [9.17, 15) is 0 Å². The first kappa shape index (κ1) is 13.8. The number of hydrogen-bond donors (Lipinski definition) is 0. The highest BCUT2D eigenvalue weighted by Crippen LogP contribution is 2.42. The summed E-state index contributed by atoms with van der Waals surface area (Å²) in [5.41, 5.74) is 3.27. The minimum absolute atomic E-state index is 0.221. The van der Waals surface area contributed by atoms with Gasteiger partial charge in [0.05, 0.1) is 5.38 Å². The van der Waals surface area contributed by atoms with Gasteiger partial charge in [0.1, 0.15) is 13.2 Å². The molecule has 104 valence electrons. The fraction of sp³-hybridized carbons (Fsp3) is 0.250. The molecule has 0 radical (unpaired) electrons. The average molecular weight is 354 g/mol. The molecule has 0 N–H and O–H groups in total. The van der Waals surface area contributed by atoms with Gasteiger partial charge in [0.15, 0.2) is 11.5 Å². The van der Waals surface area contributed by atoms with E-state index in [1.807, 2.05) is 24.3 Å². The lowest BCUT2D eigenvalue weighted by atomic mass is 9.99. The summed E-state index contributed by atoms with van der Waals surface area (Å²) in [4.78, 5) is 0. The topological polar surface area (TPSA) is 18.5 Å². The van der Waals surface area contributed by atoms with Gasteiger partial charge in [-0.3, -0.25) is 0 Å². The second-order valence-electron chi connectivity index (χ2n) is 4.74. The molecule has 0 bridgehead atoms. The lowest BCUT2D eigenvalue weighted by Crippen LogP contribution is -2.15. The lowest BCUT2D eigenvalue weighted by Gasteiger charge is -2.22. The van der Waals surface area contributed by atoms with E-state index in [1.165, 1.54) is 5.56 Å². The molecule has 0 aromatic heterocycles. The van der Waals surface area contributed by atoms with Crippen LogP contribution in [0.15, 0.2) is 40.9 Å². The lowest BCUT2D eigenvalue weighted by molar-refractivity contribution is 0.171. The van der Waals surface area contributed by atoms with Crippen molar-refractivity contribution in [2.45, 2.75) is 12.3 Å². The normalized spacial score (nSPS) is 14.9. The number of alkyl halides is 1. The van der Waals surface area contributed by atoms with Gasteiger partial charge in [-0.1, -0.05) is 40.2 Å². The first-order chi connectivity index (χ1) is 9.66. The van der Waals surface area contributed by atoms with E-state index in [0.29, 0.717) is 13.2 Å². The Kier molecular flexibility index (Phi) is 3.90. The number of rotatable bonds is 2. The maximum absolute atomic E-state index is 6.66. The van der Waals surface area contributed by atoms with Crippen molar-refractivity contribution in [3.8, 4) is 11.5 Å². The summed E-state index contributed by atoms with van der Waals surface area (Å²) in [7, 11) is 0. The Balaban J connectivity index is 2.03. The van der Waals surface area contributed by atoms with Crippen molar-refractivity contribution in [1.29, 1.82) is 0 Å². The predicted octanol–water partition coefficient (Wildman–Crippen LogP) is 4.86. The van der Waals surface area contributed by atoms with Crippen LogP contribution in [-0.2, 0) is 0 Å². The molecule has 2 aromatic carbocycles. The van der Waals surface area contributed by atoms with Crippen molar-refractivity contribution in [1.82, 2.24) is 0 Å². The molecule has 1 unspecified atom stereocenters. The second-order valence-corrected chi connectivity index (χ2v) is 6.03. The standard InChI is InChI=1S/C16H14BrClO2/c1-10-4-2-3-5-11(10)16(18)12-8-14-15(9-13(12)17)20-7-6-19-14/h2-5,8-9,16H,6-7H2,1H3. The molecule has 2 aromatic rings. The van der Waals surface area contributed by atoms with Gasteiger partial charge < -0.3 is 9.47 Å². The van der Waals surface area contributed by atoms with Crippen molar-refractivity contribution >= 4 is 27.5 Å². The van der Waals surface area contributed by atoms with Gasteiger partial charge >= 0.3 is 0 Å². The number of ether oxygens (including phenoxy) is 2. The zero-order valence-electron chi connectivity index (χ0n) is 11.0. The molecule has 1 aliphatic rings. The van der Waals surface area contributed by atoms with Crippen LogP contribution in [0.1, 0.15) is 22.1 Å². The Hall–Kier alpha value is -1.19. The highest BCUT2D eigenvalue weighted by Gasteiger charge is 2.21. The monoisotopic (exact) mass is 352 g/mol. The summed E-state index contributed by atoms with van der Waals surface area (Å²) in [6, 6.07) is 12.0. The summed E-state index contributed by atoms with van der Waals surface area (Å²) in [6.45, 7) is 3.23. The van der Waals surface area contributed by atoms with E-state index in [1.54, 1.807) is 0 Å². The molecule has 0 saturated heterocycles. The molecule has 0 saturated carbocycles. The van der Waals surface area contributed by atoms with Gasteiger partial charge in [-0.25, -0.2) is 0 Å². The van der Waals surface area contributed by atoms with Crippen molar-refractivity contribution in [2.24, 2.45) is 0 Å². The van der Waals surface area contributed by atoms with Crippen LogP contribution in [0, 0.1) is 6.92 Å². The van der Waals surface area contributed by atoms with Crippen LogP contribution in [0.5, 0.6) is 11.5 Å². The van der Waals surface area contributed by atoms with Gasteiger partial charge in [0.25, 0.3) is 0 Å². The number of benzene rings is 2. The predicted molar refractivity (Wildman–Crippen MR) is 84.0 cm³/mol. The molecule has 0 fully saturated rings. The number of aryl methyl sites for hydroxylation is 1. The molecule has 0 aliphatic carbocycles. The molecule has 3 rings (SSSR count). The fourth-order valence-electron chi connectivity index (χ4n) is 2.31. The molecule has 1 aliphatic heterocycles. The summed E-state index contributed by atoms with van der Waals surface area (Å²) < 4.78 is 12.1. The highest BCUT2D eigenvalue weighted by atomic mass is 79.9. The Bertz CT molecular complexity index is 642. The molecule has 20 heavy (non-hydrogen) atoms. The van der Waals surface area contributed by atoms with Crippen molar-refractivity contribution < 1.29 is 9.47 Å². The maximum atomic E-state index is 6.66. The summed E-state index contributed by atoms with van der Waals surface area (Å²) in [5.74, 6) is 1.52. The molecule has 0 amide bonds. The Morgan fingerprint density at radius 1 is 1.05 bits per heavy atom. The second kappa shape index (κ2) is 5.66. The van der Waals surface area contributed by atoms with E-state index in [2.05, 4.69) is 35.0 Å². The van der Waals surface area contributed by atoms with E-state index in [-0.39, 0.29) is 5.38 Å². The Labute approximate surface area is 131 Å². The molecule has 1 atom stereocenters. The molecule has 2 nitrogen and oxygen atoms in total. The van der Waals surface area contributed by atoms with Crippen LogP contribution >= 0.6 is 27.5 Å². The van der Waals surface area contributed by atoms with Gasteiger partial charge in [-0.15, -0.1) is 11.6 Å². The minimum Gasteiger partial charge on any atom is -0.486 e. The Morgan fingerprint density at radius 3 is 2.40 bits per heavy atom. The van der Waals surface area contributed by atoms with Crippen LogP contribution in [-0.4, -0.2) is 13.2 Å². The SMILES string of the molecule is Cc1ccccc1C(Cl)c1cc2c(cc1Br)OCCO2. The largest absolute Gasteiger partial charge is 0.486 e. The molecular weight excluding hydrogens is 340 g/mol. The van der Waals surface area contributed by atoms with Gasteiger partial charge in [-0.2, -0.15) is 0 Å². The van der Waals surface area contributed by atoms with E-state index in [0.717, 1.165) is 27.1 Å². The number of halogens is 2. The molecule has 1 heterocycles. The third kappa shape index (κ3) is 2.52. The van der Waals surface area contributed by atoms with Crippen molar-refractivity contribution in [3.05, 3.63) is 57.6 Å². The summed E-state index contributed by atoms with van der Waals surface area (Å²) in [5, 5.41) is -0.221. The van der Waals surface area contributed by atoms with Crippen LogP contribution < -0.4 is 9.47 Å². The van der Waals surface area contributed by atoms with Crippen LogP contribution in [0.4, 0.5) is 0 Å². The maximum Gasteiger partial charge on any atom is 0.162 e. The van der Waals surface area contributed by atoms with E-state index >= 15 is 0 Å². The van der Waals surface area contributed by atoms with Crippen molar-refractivity contribution in [3.63, 3.8) is 0 Å². The van der Waals surface area contributed by atoms with E-state index < -0.39 is 0 Å². The van der Waals surface area contributed by atoms with Gasteiger partial charge in [-0.05, 0) is 35.7 Å². The van der Waals surface area contributed by atoms with Crippen LogP contribution in [0.25, 0.3) is 0 Å². The quantitative estimate of drug-likeness (QED) is 0.718. The fourth-order valence-corrected chi connectivity index (χ4v) is 3.42. The van der Waals surface area contributed by atoms with E-state index in [4.69, 9.17) is 21.1 Å². The first-order valence-electron chi connectivity index (χ1n) is 6.45. The zero-order valence-corrected chi connectivity index (χ0v) is 13.4. The Morgan fingerprint density at radius 2 is 1.70 bits per heavy atom. The summed E-state index contributed by atoms with van der Waals surface area (Å²) in [6.07, 6.45) is 0. The molecule has 0 spiro atoms. The number of hydrogen-bond acceptors (Lipinski definition) is 2. The average Bonchev–Trinajstić information content (AvgIpc) is 2.46. The highest BCUT2D eigenvalue weighted by molar-refractivity contribution is 9.10. The van der Waals surface area contributed by atoms with Crippen LogP contribution in [0.2, 0.25) is 0 Å². The van der Waals surface area contributed by atoms with Crippen molar-refractivity contribution in [2.75, 3.05) is 13.2 Å². The third-order valence-electron chi connectivity index (χ3n) is 3.40. The molecular formula is C16H14BrClO2. The van der Waals surface area contributed by atoms with Gasteiger partial charge in [0, 0.05) is 4.47 Å². The van der Waals surface area contributed by atoms with Gasteiger partial charge in [0.2, 0.25) is 0 Å². The zero-order chi connectivity index (χ0) is 14.1. The minimum atomic E-state index is -0.221. The summed E-state index contributed by atoms with van der Waals surface area (Å²) >= 11 is 10.2. The number of fused-ring (bicyclic) bond motifs is 1.